The number of hydrogen-bond donors (Lipinski definition) is 2. The number of rotatable bonds is 5. The molecule has 0 spiro atoms. The Hall–Kier alpha value is -2.44. The van der Waals surface area contributed by atoms with Crippen molar-refractivity contribution in [3.05, 3.63) is 17.7 Å². The molecule has 0 unspecified atom stereocenters. The summed E-state index contributed by atoms with van der Waals surface area (Å²) < 4.78 is 16.1. The van der Waals surface area contributed by atoms with Crippen molar-refractivity contribution in [1.29, 1.82) is 0 Å². The fourth-order valence-electron chi connectivity index (χ4n) is 1.84. The number of methoxy groups -OCH3 is 1. The van der Waals surface area contributed by atoms with E-state index in [1.165, 1.54) is 20.1 Å². The van der Waals surface area contributed by atoms with E-state index in [1.54, 1.807) is 6.07 Å². The molecule has 1 aliphatic rings. The number of nitrogens with one attached hydrogen (secondary N) is 1. The highest BCUT2D eigenvalue weighted by Crippen LogP contribution is 2.40. The Morgan fingerprint density at radius 1 is 1.38 bits per heavy atom. The summed E-state index contributed by atoms with van der Waals surface area (Å²) in [5.74, 6) is -0.693. The molecule has 1 heterocycles. The van der Waals surface area contributed by atoms with E-state index >= 15 is 0 Å². The van der Waals surface area contributed by atoms with E-state index in [4.69, 9.17) is 19.3 Å². The number of hydrogen-bond acceptors (Lipinski definition) is 5. The van der Waals surface area contributed by atoms with Gasteiger partial charge in [0.05, 0.1) is 13.0 Å². The zero-order valence-corrected chi connectivity index (χ0v) is 11.8. The minimum atomic E-state index is -0.963. The number of ether oxygens (including phenoxy) is 3. The van der Waals surface area contributed by atoms with E-state index in [2.05, 4.69) is 5.32 Å². The van der Waals surface area contributed by atoms with E-state index in [-0.39, 0.29) is 6.54 Å². The normalized spacial score (nSPS) is 14.2. The van der Waals surface area contributed by atoms with Gasteiger partial charge in [0.25, 0.3) is 5.91 Å². The maximum atomic E-state index is 12.1. The molecular weight excluding hydrogens is 278 g/mol. The lowest BCUT2D eigenvalue weighted by Crippen LogP contribution is -2.31. The number of amides is 1. The number of carboxylic acids is 1. The van der Waals surface area contributed by atoms with Gasteiger partial charge >= 0.3 is 5.97 Å². The Morgan fingerprint density at radius 3 is 2.76 bits per heavy atom. The summed E-state index contributed by atoms with van der Waals surface area (Å²) in [6.07, 6.45) is 0. The first-order valence-electron chi connectivity index (χ1n) is 6.51. The summed E-state index contributed by atoms with van der Waals surface area (Å²) in [5, 5.41) is 11.4. The predicted molar refractivity (Wildman–Crippen MR) is 73.1 cm³/mol. The van der Waals surface area contributed by atoms with Gasteiger partial charge in [0, 0.05) is 12.1 Å². The molecule has 0 radical (unpaired) electrons. The Balaban J connectivity index is 2.16. The minimum absolute atomic E-state index is 0.0466. The molecule has 114 valence electrons. The van der Waals surface area contributed by atoms with Crippen LogP contribution in [0.25, 0.3) is 0 Å². The summed E-state index contributed by atoms with van der Waals surface area (Å²) >= 11 is 0. The molecule has 7 heteroatoms. The highest BCUT2D eigenvalue weighted by molar-refractivity contribution is 5.95. The lowest BCUT2D eigenvalue weighted by Gasteiger charge is -2.21. The molecule has 0 aliphatic carbocycles. The molecule has 7 nitrogen and oxygen atoms in total. The van der Waals surface area contributed by atoms with Gasteiger partial charge in [0.1, 0.15) is 13.2 Å². The van der Waals surface area contributed by atoms with Gasteiger partial charge in [0.15, 0.2) is 11.5 Å². The van der Waals surface area contributed by atoms with Crippen molar-refractivity contribution in [3.8, 4) is 17.2 Å². The molecular formula is C14H17NO6. The Bertz CT molecular complexity index is 539. The second-order valence-corrected chi connectivity index (χ2v) is 4.65. The summed E-state index contributed by atoms with van der Waals surface area (Å²) in [5.41, 5.74) is 0.327. The van der Waals surface area contributed by atoms with Gasteiger partial charge in [-0.05, 0) is 12.1 Å². The van der Waals surface area contributed by atoms with E-state index in [9.17, 15) is 9.59 Å². The molecule has 2 N–H and O–H groups in total. The van der Waals surface area contributed by atoms with Gasteiger partial charge in [-0.25, -0.2) is 0 Å². The third kappa shape index (κ3) is 3.36. The fraction of sp³-hybridized carbons (Fsp3) is 0.429. The molecule has 0 fully saturated rings. The first-order chi connectivity index (χ1) is 10.0. The number of carbonyl (C=O) groups excluding carboxylic acids is 1. The second-order valence-electron chi connectivity index (χ2n) is 4.65. The van der Waals surface area contributed by atoms with E-state index in [1.807, 2.05) is 0 Å². The van der Waals surface area contributed by atoms with Crippen LogP contribution in [0.1, 0.15) is 17.3 Å². The molecule has 1 amide bonds. The van der Waals surface area contributed by atoms with Gasteiger partial charge in [-0.15, -0.1) is 0 Å². The molecule has 1 aliphatic heterocycles. The Labute approximate surface area is 121 Å². The number of carboxylic acid groups (broad SMARTS) is 1. The number of aliphatic carboxylic acids is 1. The maximum absolute atomic E-state index is 12.1. The van der Waals surface area contributed by atoms with Crippen LogP contribution < -0.4 is 19.5 Å². The summed E-state index contributed by atoms with van der Waals surface area (Å²) in [6.45, 7) is 2.39. The largest absolute Gasteiger partial charge is 0.493 e. The van der Waals surface area contributed by atoms with Crippen molar-refractivity contribution < 1.29 is 28.9 Å². The topological polar surface area (TPSA) is 94.1 Å². The van der Waals surface area contributed by atoms with Crippen LogP contribution in [-0.2, 0) is 4.79 Å². The van der Waals surface area contributed by atoms with Gasteiger partial charge < -0.3 is 24.6 Å². The van der Waals surface area contributed by atoms with Gasteiger partial charge in [-0.2, -0.15) is 0 Å². The first kappa shape index (κ1) is 15.0. The minimum Gasteiger partial charge on any atom is -0.493 e. The van der Waals surface area contributed by atoms with Crippen molar-refractivity contribution in [2.75, 3.05) is 26.9 Å². The molecule has 0 saturated carbocycles. The number of benzene rings is 1. The average molecular weight is 295 g/mol. The quantitative estimate of drug-likeness (QED) is 0.839. The van der Waals surface area contributed by atoms with Crippen molar-refractivity contribution in [2.45, 2.75) is 6.92 Å². The van der Waals surface area contributed by atoms with Crippen LogP contribution >= 0.6 is 0 Å². The van der Waals surface area contributed by atoms with Crippen LogP contribution in [0.15, 0.2) is 12.1 Å². The van der Waals surface area contributed by atoms with E-state index in [0.717, 1.165) is 0 Å². The summed E-state index contributed by atoms with van der Waals surface area (Å²) in [4.78, 5) is 22.8. The Morgan fingerprint density at radius 2 is 2.10 bits per heavy atom. The molecule has 0 bridgehead atoms. The van der Waals surface area contributed by atoms with Crippen LogP contribution in [0.5, 0.6) is 17.2 Å². The standard InChI is InChI=1S/C14H17NO6/c1-8(14(17)18)7-15-13(16)9-5-10(19-2)12-11(6-9)20-3-4-21-12/h5-6,8H,3-4,7H2,1-2H3,(H,15,16)(H,17,18)/t8-/m1/s1. The zero-order valence-electron chi connectivity index (χ0n) is 11.8. The zero-order chi connectivity index (χ0) is 15.4. The first-order valence-corrected chi connectivity index (χ1v) is 6.51. The van der Waals surface area contributed by atoms with E-state index in [0.29, 0.717) is 36.0 Å². The molecule has 0 saturated heterocycles. The van der Waals surface area contributed by atoms with Gasteiger partial charge in [-0.3, -0.25) is 9.59 Å². The average Bonchev–Trinajstić information content (AvgIpc) is 2.50. The highest BCUT2D eigenvalue weighted by Gasteiger charge is 2.21. The van der Waals surface area contributed by atoms with Crippen molar-refractivity contribution in [2.24, 2.45) is 5.92 Å². The molecule has 2 rings (SSSR count). The van der Waals surface area contributed by atoms with Gasteiger partial charge in [0.2, 0.25) is 5.75 Å². The SMILES string of the molecule is COc1cc(C(=O)NC[C@@H](C)C(=O)O)cc2c1OCCO2. The van der Waals surface area contributed by atoms with Crippen LogP contribution in [0.4, 0.5) is 0 Å². The van der Waals surface area contributed by atoms with Crippen LogP contribution in [0.3, 0.4) is 0 Å². The number of fused-ring (bicyclic) bond motifs is 1. The molecule has 1 aromatic rings. The summed E-state index contributed by atoms with van der Waals surface area (Å²) in [7, 11) is 1.47. The fourth-order valence-corrected chi connectivity index (χ4v) is 1.84. The highest BCUT2D eigenvalue weighted by atomic mass is 16.6. The van der Waals surface area contributed by atoms with Crippen molar-refractivity contribution in [3.63, 3.8) is 0 Å². The van der Waals surface area contributed by atoms with E-state index < -0.39 is 17.8 Å². The summed E-state index contributed by atoms with van der Waals surface area (Å²) in [6, 6.07) is 3.09. The van der Waals surface area contributed by atoms with Gasteiger partial charge in [-0.1, -0.05) is 6.92 Å². The maximum Gasteiger partial charge on any atom is 0.308 e. The van der Waals surface area contributed by atoms with Crippen LogP contribution in [-0.4, -0.2) is 43.9 Å². The molecule has 21 heavy (non-hydrogen) atoms. The third-order valence-electron chi connectivity index (χ3n) is 3.08. The second kappa shape index (κ2) is 6.34. The van der Waals surface area contributed by atoms with Crippen molar-refractivity contribution in [1.82, 2.24) is 5.32 Å². The third-order valence-corrected chi connectivity index (χ3v) is 3.08. The molecule has 1 atom stereocenters. The van der Waals surface area contributed by atoms with Crippen LogP contribution in [0, 0.1) is 5.92 Å². The monoisotopic (exact) mass is 295 g/mol. The molecule has 1 aromatic carbocycles. The van der Waals surface area contributed by atoms with Crippen LogP contribution in [0.2, 0.25) is 0 Å². The lowest BCUT2D eigenvalue weighted by atomic mass is 10.1. The Kier molecular flexibility index (Phi) is 4.52. The van der Waals surface area contributed by atoms with Crippen molar-refractivity contribution >= 4 is 11.9 Å². The lowest BCUT2D eigenvalue weighted by molar-refractivity contribution is -0.140. The smallest absolute Gasteiger partial charge is 0.308 e. The number of carbonyl (C=O) groups is 2. The molecule has 0 aromatic heterocycles. The predicted octanol–water partition coefficient (Wildman–Crippen LogP) is 0.917.